The molecule has 1 aliphatic rings. The average molecular weight is 249 g/mol. The molecule has 0 aromatic heterocycles. The zero-order valence-electron chi connectivity index (χ0n) is 11.0. The molecule has 100 valence electrons. The first-order valence-corrected chi connectivity index (χ1v) is 6.93. The molecule has 0 amide bonds. The summed E-state index contributed by atoms with van der Waals surface area (Å²) in [6.45, 7) is 2.14. The van der Waals surface area contributed by atoms with Crippen molar-refractivity contribution in [2.75, 3.05) is 0 Å². The van der Waals surface area contributed by atoms with Crippen LogP contribution in [0.3, 0.4) is 0 Å². The molecule has 2 rings (SSSR count). The van der Waals surface area contributed by atoms with Crippen LogP contribution in [0.4, 0.5) is 0 Å². The Labute approximate surface area is 109 Å². The van der Waals surface area contributed by atoms with E-state index in [0.717, 1.165) is 25.7 Å². The smallest absolute Gasteiger partial charge is 0.115 e. The van der Waals surface area contributed by atoms with Gasteiger partial charge in [-0.2, -0.15) is 0 Å². The van der Waals surface area contributed by atoms with Gasteiger partial charge in [0.1, 0.15) is 5.75 Å². The Bertz CT molecular complexity index is 363. The number of phenols is 1. The summed E-state index contributed by atoms with van der Waals surface area (Å²) < 4.78 is 0. The molecule has 0 saturated heterocycles. The van der Waals surface area contributed by atoms with Crippen LogP contribution in [0.15, 0.2) is 24.3 Å². The van der Waals surface area contributed by atoms with Gasteiger partial charge in [0.05, 0.1) is 6.10 Å². The van der Waals surface area contributed by atoms with E-state index in [9.17, 15) is 10.2 Å². The summed E-state index contributed by atoms with van der Waals surface area (Å²) in [6.07, 6.45) is 5.05. The number of hydrogen-bond acceptors (Lipinski definition) is 3. The van der Waals surface area contributed by atoms with Crippen molar-refractivity contribution < 1.29 is 10.2 Å². The predicted octanol–water partition coefficient (Wildman–Crippen LogP) is 2.74. The molecular formula is C15H23NO2. The molecule has 3 nitrogen and oxygen atoms in total. The Balaban J connectivity index is 2.02. The summed E-state index contributed by atoms with van der Waals surface area (Å²) in [5.74, 6) is 0.298. The van der Waals surface area contributed by atoms with Gasteiger partial charge in [0.25, 0.3) is 0 Å². The molecule has 1 aliphatic carbocycles. The number of hydrogen-bond donors (Lipinski definition) is 3. The van der Waals surface area contributed by atoms with Crippen LogP contribution in [0.25, 0.3) is 0 Å². The monoisotopic (exact) mass is 249 g/mol. The van der Waals surface area contributed by atoms with Gasteiger partial charge in [0, 0.05) is 12.1 Å². The molecule has 1 aromatic rings. The van der Waals surface area contributed by atoms with E-state index in [4.69, 9.17) is 0 Å². The zero-order chi connectivity index (χ0) is 13.0. The first kappa shape index (κ1) is 13.4. The van der Waals surface area contributed by atoms with Crippen LogP contribution in [-0.2, 0) is 0 Å². The molecule has 1 saturated carbocycles. The van der Waals surface area contributed by atoms with Gasteiger partial charge in [-0.25, -0.2) is 0 Å². The maximum atomic E-state index is 10.0. The quantitative estimate of drug-likeness (QED) is 0.769. The van der Waals surface area contributed by atoms with Gasteiger partial charge in [0.2, 0.25) is 0 Å². The lowest BCUT2D eigenvalue weighted by atomic mass is 9.91. The first-order chi connectivity index (χ1) is 8.70. The Kier molecular flexibility index (Phi) is 4.61. The van der Waals surface area contributed by atoms with Crippen molar-refractivity contribution >= 4 is 0 Å². The predicted molar refractivity (Wildman–Crippen MR) is 72.5 cm³/mol. The minimum absolute atomic E-state index is 0.206. The fourth-order valence-electron chi connectivity index (χ4n) is 2.72. The second-order valence-electron chi connectivity index (χ2n) is 5.18. The van der Waals surface area contributed by atoms with Crippen LogP contribution in [-0.4, -0.2) is 22.4 Å². The number of aliphatic hydroxyl groups excluding tert-OH is 1. The molecule has 0 aliphatic heterocycles. The second kappa shape index (κ2) is 6.21. The van der Waals surface area contributed by atoms with Crippen LogP contribution in [0.5, 0.6) is 5.75 Å². The molecule has 3 unspecified atom stereocenters. The highest BCUT2D eigenvalue weighted by atomic mass is 16.3. The maximum absolute atomic E-state index is 10.0. The number of benzene rings is 1. The molecule has 0 radical (unpaired) electrons. The second-order valence-corrected chi connectivity index (χ2v) is 5.18. The molecular weight excluding hydrogens is 226 g/mol. The van der Waals surface area contributed by atoms with Crippen LogP contribution in [0, 0.1) is 0 Å². The third-order valence-electron chi connectivity index (χ3n) is 3.85. The van der Waals surface area contributed by atoms with Crippen molar-refractivity contribution in [2.45, 2.75) is 57.2 Å². The Morgan fingerprint density at radius 1 is 1.22 bits per heavy atom. The average Bonchev–Trinajstić information content (AvgIpc) is 2.39. The van der Waals surface area contributed by atoms with E-state index >= 15 is 0 Å². The minimum Gasteiger partial charge on any atom is -0.508 e. The van der Waals surface area contributed by atoms with E-state index < -0.39 is 0 Å². The van der Waals surface area contributed by atoms with Gasteiger partial charge >= 0.3 is 0 Å². The molecule has 3 atom stereocenters. The lowest BCUT2D eigenvalue weighted by molar-refractivity contribution is 0.0844. The Hall–Kier alpha value is -1.06. The zero-order valence-corrected chi connectivity index (χ0v) is 11.0. The highest BCUT2D eigenvalue weighted by Gasteiger charge is 2.25. The summed E-state index contributed by atoms with van der Waals surface area (Å²) in [6, 6.07) is 7.80. The van der Waals surface area contributed by atoms with Gasteiger partial charge in [0.15, 0.2) is 0 Å². The topological polar surface area (TPSA) is 52.5 Å². The van der Waals surface area contributed by atoms with Crippen LogP contribution >= 0.6 is 0 Å². The number of aromatic hydroxyl groups is 1. The lowest BCUT2D eigenvalue weighted by Crippen LogP contribution is -2.43. The molecule has 0 bridgehead atoms. The molecule has 3 heteroatoms. The molecule has 18 heavy (non-hydrogen) atoms. The third-order valence-corrected chi connectivity index (χ3v) is 3.85. The lowest BCUT2D eigenvalue weighted by Gasteiger charge is -2.32. The normalized spacial score (nSPS) is 25.9. The minimum atomic E-state index is -0.218. The highest BCUT2D eigenvalue weighted by molar-refractivity contribution is 5.28. The van der Waals surface area contributed by atoms with Crippen molar-refractivity contribution in [1.82, 2.24) is 5.32 Å². The number of aliphatic hydroxyl groups is 1. The van der Waals surface area contributed by atoms with Crippen molar-refractivity contribution in [3.05, 3.63) is 29.8 Å². The summed E-state index contributed by atoms with van der Waals surface area (Å²) >= 11 is 0. The third kappa shape index (κ3) is 3.24. The van der Waals surface area contributed by atoms with E-state index in [-0.39, 0.29) is 18.2 Å². The van der Waals surface area contributed by atoms with Gasteiger partial charge in [-0.15, -0.1) is 0 Å². The standard InChI is InChI=1S/C15H23NO2/c1-2-13(11-7-9-12(17)10-8-11)16-14-5-3-4-6-15(14)18/h7-10,13-18H,2-6H2,1H3. The van der Waals surface area contributed by atoms with E-state index in [0.29, 0.717) is 5.75 Å². The van der Waals surface area contributed by atoms with Crippen molar-refractivity contribution in [1.29, 1.82) is 0 Å². The molecule has 1 aromatic carbocycles. The number of phenolic OH excluding ortho intramolecular Hbond substituents is 1. The summed E-state index contributed by atoms with van der Waals surface area (Å²) in [5, 5.41) is 22.9. The van der Waals surface area contributed by atoms with E-state index in [1.165, 1.54) is 12.0 Å². The molecule has 0 spiro atoms. The Morgan fingerprint density at radius 3 is 2.50 bits per heavy atom. The summed E-state index contributed by atoms with van der Waals surface area (Å²) in [5.41, 5.74) is 1.17. The van der Waals surface area contributed by atoms with Gasteiger partial charge < -0.3 is 15.5 Å². The van der Waals surface area contributed by atoms with E-state index in [1.54, 1.807) is 12.1 Å². The van der Waals surface area contributed by atoms with Gasteiger partial charge in [-0.1, -0.05) is 31.9 Å². The fraction of sp³-hybridized carbons (Fsp3) is 0.600. The molecule has 0 heterocycles. The largest absolute Gasteiger partial charge is 0.508 e. The van der Waals surface area contributed by atoms with Crippen LogP contribution < -0.4 is 5.32 Å². The molecule has 1 fully saturated rings. The number of rotatable bonds is 4. The first-order valence-electron chi connectivity index (χ1n) is 6.93. The van der Waals surface area contributed by atoms with E-state index in [2.05, 4.69) is 12.2 Å². The Morgan fingerprint density at radius 2 is 1.89 bits per heavy atom. The van der Waals surface area contributed by atoms with E-state index in [1.807, 2.05) is 12.1 Å². The summed E-state index contributed by atoms with van der Waals surface area (Å²) in [4.78, 5) is 0. The maximum Gasteiger partial charge on any atom is 0.115 e. The van der Waals surface area contributed by atoms with Gasteiger partial charge in [-0.05, 0) is 37.0 Å². The molecule has 3 N–H and O–H groups in total. The van der Waals surface area contributed by atoms with Crippen molar-refractivity contribution in [3.63, 3.8) is 0 Å². The van der Waals surface area contributed by atoms with Crippen LogP contribution in [0.2, 0.25) is 0 Å². The highest BCUT2D eigenvalue weighted by Crippen LogP contribution is 2.24. The van der Waals surface area contributed by atoms with Gasteiger partial charge in [-0.3, -0.25) is 0 Å². The fourth-order valence-corrected chi connectivity index (χ4v) is 2.72. The SMILES string of the molecule is CCC(NC1CCCCC1O)c1ccc(O)cc1. The van der Waals surface area contributed by atoms with Crippen LogP contribution in [0.1, 0.15) is 50.6 Å². The summed E-state index contributed by atoms with van der Waals surface area (Å²) in [7, 11) is 0. The van der Waals surface area contributed by atoms with Crippen molar-refractivity contribution in [2.24, 2.45) is 0 Å². The number of nitrogens with one attached hydrogen (secondary N) is 1. The van der Waals surface area contributed by atoms with Crippen molar-refractivity contribution in [3.8, 4) is 5.75 Å².